The van der Waals surface area contributed by atoms with Crippen LogP contribution in [0.4, 0.5) is 0 Å². The van der Waals surface area contributed by atoms with Crippen LogP contribution in [0.15, 0.2) is 0 Å². The van der Waals surface area contributed by atoms with Gasteiger partial charge in [-0.05, 0) is 58.7 Å². The summed E-state index contributed by atoms with van der Waals surface area (Å²) in [6, 6.07) is 0. The summed E-state index contributed by atoms with van der Waals surface area (Å²) in [4.78, 5) is 0. The maximum Gasteiger partial charge on any atom is 0.187 e. The van der Waals surface area contributed by atoms with Crippen LogP contribution in [0.3, 0.4) is 0 Å². The fourth-order valence-corrected chi connectivity index (χ4v) is 12.6. The number of rotatable bonds is 12. The number of aliphatic hydroxyl groups excluding tert-OH is 20. The largest absolute Gasteiger partial charge is 0.394 e. The van der Waals surface area contributed by atoms with Gasteiger partial charge >= 0.3 is 0 Å². The van der Waals surface area contributed by atoms with E-state index in [9.17, 15) is 102 Å². The molecule has 31 nitrogen and oxygen atoms in total. The molecule has 20 N–H and O–H groups in total. The van der Waals surface area contributed by atoms with Gasteiger partial charge in [-0.3, -0.25) is 0 Å². The Hall–Kier alpha value is -1.24. The Morgan fingerprint density at radius 2 is 0.495 bits per heavy atom. The lowest BCUT2D eigenvalue weighted by molar-refractivity contribution is -0.390. The van der Waals surface area contributed by atoms with E-state index in [4.69, 9.17) is 52.1 Å². The van der Waals surface area contributed by atoms with E-state index >= 15 is 0 Å². The quantitative estimate of drug-likeness (QED) is 0.0891. The Bertz CT molecular complexity index is 2210. The molecule has 7 heterocycles. The molecular formula is C64H120O31. The SMILES string of the molecule is CC(C)(C)CC1OC(OC2C(O)C(O)C(O)OC2C(C)(C)C)C(O)C(O)C1O.CC(C)(C)CC1OC(OC2C(O)C(O)C(O)OC2C(C)(C)C)C(OC2OC(CO)C(O)C(O)C2O)C(O)C1O.CC1OC(C(C)(C)C)C(OC2OC(CC(C)(C)C)C(O)C(O)C2O)C(O)C1O. The van der Waals surface area contributed by atoms with Gasteiger partial charge in [0.15, 0.2) is 37.7 Å². The van der Waals surface area contributed by atoms with Crippen LogP contribution in [-0.2, 0) is 52.1 Å². The molecule has 0 aliphatic carbocycles. The maximum absolute atomic E-state index is 11.1. The molecule has 7 aliphatic rings. The van der Waals surface area contributed by atoms with Crippen molar-refractivity contribution < 1.29 is 154 Å². The molecule has 7 saturated heterocycles. The van der Waals surface area contributed by atoms with E-state index in [2.05, 4.69) is 0 Å². The smallest absolute Gasteiger partial charge is 0.187 e. The summed E-state index contributed by atoms with van der Waals surface area (Å²) in [5.41, 5.74) is -2.51. The highest BCUT2D eigenvalue weighted by atomic mass is 16.8. The molecule has 0 saturated carbocycles. The van der Waals surface area contributed by atoms with Gasteiger partial charge in [-0.15, -0.1) is 0 Å². The highest BCUT2D eigenvalue weighted by Crippen LogP contribution is 2.43. The molecule has 562 valence electrons. The third-order valence-corrected chi connectivity index (χ3v) is 17.9. The van der Waals surface area contributed by atoms with Gasteiger partial charge in [-0.1, -0.05) is 125 Å². The van der Waals surface area contributed by atoms with Crippen LogP contribution >= 0.6 is 0 Å². The zero-order valence-corrected chi connectivity index (χ0v) is 58.5. The van der Waals surface area contributed by atoms with Gasteiger partial charge in [0, 0.05) is 0 Å². The molecule has 0 aromatic heterocycles. The Morgan fingerprint density at radius 1 is 0.253 bits per heavy atom. The average molecular weight is 1390 g/mol. The standard InChI is InChI=1S/C25H46O14.C20H38O8.C19H36O9/c1-24(2,3)7-9-11(27)14(30)19(38-22-17(33)13(29)12(28)10(8-26)36-22)23(35-9)37-18-15(31)16(32)21(34)39-20(18)25(4,5)6;1-9-11(21)14(24)16(17(26-9)20(5,6)7)28-18-15(25)13(23)12(22)10(27-18)8-19(2,3)4;1-18(2,3)7-8-9(20)10(21)13(24)17(26-8)27-14-11(22)12(23)16(25)28-15(14)19(4,5)6/h9-23,26-34H,7-8H2,1-6H3;9-18,21-25H,8H2,1-7H3;8-17,20-25H,7H2,1-6H3. The van der Waals surface area contributed by atoms with E-state index in [0.717, 1.165) is 0 Å². The Balaban J connectivity index is 0.000000264. The highest BCUT2D eigenvalue weighted by molar-refractivity contribution is 5.02. The van der Waals surface area contributed by atoms with Crippen LogP contribution in [0.5, 0.6) is 0 Å². The molecule has 7 rings (SSSR count). The summed E-state index contributed by atoms with van der Waals surface area (Å²) in [5.74, 6) is 0. The predicted molar refractivity (Wildman–Crippen MR) is 330 cm³/mol. The second-order valence-electron chi connectivity index (χ2n) is 33.6. The minimum absolute atomic E-state index is 0.189. The molecular weight excluding hydrogens is 1260 g/mol. The summed E-state index contributed by atoms with van der Waals surface area (Å²) in [6.45, 7) is 34.9. The van der Waals surface area contributed by atoms with Crippen molar-refractivity contribution in [2.75, 3.05) is 6.61 Å². The molecule has 35 atom stereocenters. The molecule has 0 radical (unpaired) electrons. The second-order valence-corrected chi connectivity index (χ2v) is 33.6. The van der Waals surface area contributed by atoms with E-state index < -0.39 is 238 Å². The molecule has 0 bridgehead atoms. The van der Waals surface area contributed by atoms with Gasteiger partial charge < -0.3 is 154 Å². The van der Waals surface area contributed by atoms with E-state index in [1.165, 1.54) is 0 Å². The fourth-order valence-electron chi connectivity index (χ4n) is 12.6. The predicted octanol–water partition coefficient (Wildman–Crippen LogP) is -3.80. The van der Waals surface area contributed by atoms with Crippen LogP contribution in [0.2, 0.25) is 0 Å². The molecule has 0 amide bonds. The molecule has 7 aliphatic heterocycles. The van der Waals surface area contributed by atoms with Crippen LogP contribution in [0.1, 0.15) is 151 Å². The molecule has 7 fully saturated rings. The lowest BCUT2D eigenvalue weighted by Gasteiger charge is -2.50. The van der Waals surface area contributed by atoms with Gasteiger partial charge in [0.25, 0.3) is 0 Å². The lowest BCUT2D eigenvalue weighted by Crippen LogP contribution is -2.67. The average Bonchev–Trinajstić information content (AvgIpc) is 0.783. The number of aliphatic hydroxyl groups is 20. The molecule has 0 spiro atoms. The summed E-state index contributed by atoms with van der Waals surface area (Å²) in [5, 5.41) is 207. The Morgan fingerprint density at radius 3 is 0.800 bits per heavy atom. The van der Waals surface area contributed by atoms with Crippen LogP contribution < -0.4 is 0 Å². The third kappa shape index (κ3) is 21.2. The van der Waals surface area contributed by atoms with Crippen molar-refractivity contribution >= 4 is 0 Å². The zero-order valence-electron chi connectivity index (χ0n) is 58.5. The molecule has 0 aromatic carbocycles. The normalized spacial score (nSPS) is 46.8. The summed E-state index contributed by atoms with van der Waals surface area (Å²) in [7, 11) is 0. The van der Waals surface area contributed by atoms with Crippen molar-refractivity contribution in [1.82, 2.24) is 0 Å². The van der Waals surface area contributed by atoms with Crippen molar-refractivity contribution in [1.29, 1.82) is 0 Å². The third-order valence-electron chi connectivity index (χ3n) is 17.9. The summed E-state index contributed by atoms with van der Waals surface area (Å²) < 4.78 is 63.4. The molecule has 95 heavy (non-hydrogen) atoms. The minimum atomic E-state index is -1.82. The second kappa shape index (κ2) is 32.6. The van der Waals surface area contributed by atoms with Crippen LogP contribution in [0.25, 0.3) is 0 Å². The van der Waals surface area contributed by atoms with E-state index in [1.54, 1.807) is 27.7 Å². The topological polar surface area (TPSA) is 506 Å². The van der Waals surface area contributed by atoms with E-state index in [0.29, 0.717) is 12.8 Å². The van der Waals surface area contributed by atoms with E-state index in [1.807, 2.05) is 104 Å². The minimum Gasteiger partial charge on any atom is -0.394 e. The monoisotopic (exact) mass is 1380 g/mol. The Labute approximate surface area is 557 Å². The Kier molecular flexibility index (Phi) is 29.0. The van der Waals surface area contributed by atoms with Crippen molar-refractivity contribution in [3.8, 4) is 0 Å². The fraction of sp³-hybridized carbons (Fsp3) is 1.00. The molecule has 35 unspecified atom stereocenters. The van der Waals surface area contributed by atoms with Gasteiger partial charge in [-0.25, -0.2) is 0 Å². The van der Waals surface area contributed by atoms with Crippen molar-refractivity contribution in [2.24, 2.45) is 32.5 Å². The maximum atomic E-state index is 11.1. The first-order valence-electron chi connectivity index (χ1n) is 32.9. The number of hydrogen-bond acceptors (Lipinski definition) is 31. The zero-order chi connectivity index (χ0) is 72.8. The molecule has 31 heteroatoms. The summed E-state index contributed by atoms with van der Waals surface area (Å²) >= 11 is 0. The first-order chi connectivity index (χ1) is 43.1. The van der Waals surface area contributed by atoms with Crippen molar-refractivity contribution in [3.05, 3.63) is 0 Å². The van der Waals surface area contributed by atoms with Crippen molar-refractivity contribution in [3.63, 3.8) is 0 Å². The van der Waals surface area contributed by atoms with Gasteiger partial charge in [0.2, 0.25) is 0 Å². The van der Waals surface area contributed by atoms with Gasteiger partial charge in [-0.2, -0.15) is 0 Å². The van der Waals surface area contributed by atoms with Crippen LogP contribution in [-0.4, -0.2) is 323 Å². The summed E-state index contributed by atoms with van der Waals surface area (Å²) in [6.07, 6.45) is -45.8. The van der Waals surface area contributed by atoms with Gasteiger partial charge in [0.1, 0.15) is 134 Å². The first-order valence-corrected chi connectivity index (χ1v) is 32.9. The van der Waals surface area contributed by atoms with Gasteiger partial charge in [0.05, 0.1) is 49.3 Å². The number of hydrogen-bond donors (Lipinski definition) is 20. The molecule has 0 aromatic rings. The van der Waals surface area contributed by atoms with E-state index in [-0.39, 0.29) is 22.7 Å². The highest BCUT2D eigenvalue weighted by Gasteiger charge is 2.58. The number of ether oxygens (including phenoxy) is 11. The van der Waals surface area contributed by atoms with Crippen molar-refractivity contribution in [2.45, 2.75) is 366 Å². The van der Waals surface area contributed by atoms with Crippen LogP contribution in [0, 0.1) is 32.5 Å². The first kappa shape index (κ1) is 84.4. The lowest BCUT2D eigenvalue weighted by atomic mass is 9.80.